The van der Waals surface area contributed by atoms with Crippen molar-refractivity contribution in [1.82, 2.24) is 15.4 Å². The summed E-state index contributed by atoms with van der Waals surface area (Å²) >= 11 is 0. The molecule has 5 heteroatoms. The number of hydrogen-bond acceptors (Lipinski definition) is 4. The highest BCUT2D eigenvalue weighted by atomic mass is 16.5. The van der Waals surface area contributed by atoms with Crippen LogP contribution in [0.1, 0.15) is 42.7 Å². The third kappa shape index (κ3) is 3.35. The standard InChI is InChI=1S/C14H23N3O2/c1-10-12(11(2)19-16-10)9-17(3)14(18)13-7-5-4-6-8-15-13/h13,15H,4-9H2,1-3H3. The normalized spacial score (nSPS) is 20.1. The zero-order chi connectivity index (χ0) is 13.8. The van der Waals surface area contributed by atoms with E-state index in [0.29, 0.717) is 6.54 Å². The number of aromatic nitrogens is 1. The van der Waals surface area contributed by atoms with Crippen LogP contribution in [0.15, 0.2) is 4.52 Å². The summed E-state index contributed by atoms with van der Waals surface area (Å²) in [6.45, 7) is 5.30. The fourth-order valence-electron chi connectivity index (χ4n) is 2.55. The SMILES string of the molecule is Cc1noc(C)c1CN(C)C(=O)C1CCCCCN1. The number of aryl methyl sites for hydroxylation is 2. The minimum absolute atomic E-state index is 0.0343. The van der Waals surface area contributed by atoms with E-state index in [1.165, 1.54) is 6.42 Å². The third-order valence-corrected chi connectivity index (χ3v) is 3.81. The highest BCUT2D eigenvalue weighted by Gasteiger charge is 2.24. The van der Waals surface area contributed by atoms with Gasteiger partial charge in [-0.25, -0.2) is 0 Å². The predicted octanol–water partition coefficient (Wildman–Crippen LogP) is 1.78. The Bertz CT molecular complexity index is 414. The van der Waals surface area contributed by atoms with Crippen LogP contribution >= 0.6 is 0 Å². The number of carbonyl (C=O) groups excluding carboxylic acids is 1. The quantitative estimate of drug-likeness (QED) is 0.905. The molecule has 0 bridgehead atoms. The highest BCUT2D eigenvalue weighted by molar-refractivity contribution is 5.81. The first-order valence-corrected chi connectivity index (χ1v) is 6.99. The van der Waals surface area contributed by atoms with Gasteiger partial charge in [0, 0.05) is 12.6 Å². The van der Waals surface area contributed by atoms with Gasteiger partial charge in [-0.3, -0.25) is 4.79 Å². The maximum Gasteiger partial charge on any atom is 0.239 e. The number of rotatable bonds is 3. The van der Waals surface area contributed by atoms with Gasteiger partial charge in [0.05, 0.1) is 18.3 Å². The fourth-order valence-corrected chi connectivity index (χ4v) is 2.55. The summed E-state index contributed by atoms with van der Waals surface area (Å²) in [5.74, 6) is 0.966. The summed E-state index contributed by atoms with van der Waals surface area (Å²) in [7, 11) is 1.85. The Morgan fingerprint density at radius 3 is 2.89 bits per heavy atom. The van der Waals surface area contributed by atoms with Crippen molar-refractivity contribution in [1.29, 1.82) is 0 Å². The van der Waals surface area contributed by atoms with Crippen molar-refractivity contribution in [3.05, 3.63) is 17.0 Å². The molecule has 19 heavy (non-hydrogen) atoms. The number of carbonyl (C=O) groups is 1. The number of nitrogens with zero attached hydrogens (tertiary/aromatic N) is 2. The molecule has 106 valence electrons. The lowest BCUT2D eigenvalue weighted by atomic mass is 10.1. The fraction of sp³-hybridized carbons (Fsp3) is 0.714. The van der Waals surface area contributed by atoms with Gasteiger partial charge in [0.15, 0.2) is 0 Å². The molecule has 0 saturated carbocycles. The molecule has 2 heterocycles. The smallest absolute Gasteiger partial charge is 0.239 e. The lowest BCUT2D eigenvalue weighted by Crippen LogP contribution is -2.44. The van der Waals surface area contributed by atoms with Gasteiger partial charge < -0.3 is 14.7 Å². The van der Waals surface area contributed by atoms with E-state index in [9.17, 15) is 4.79 Å². The van der Waals surface area contributed by atoms with E-state index in [2.05, 4.69) is 10.5 Å². The Morgan fingerprint density at radius 1 is 1.42 bits per heavy atom. The van der Waals surface area contributed by atoms with Crippen molar-refractivity contribution < 1.29 is 9.32 Å². The lowest BCUT2D eigenvalue weighted by molar-refractivity contribution is -0.132. The minimum Gasteiger partial charge on any atom is -0.361 e. The molecule has 0 aliphatic carbocycles. The Morgan fingerprint density at radius 2 is 2.21 bits per heavy atom. The Hall–Kier alpha value is -1.36. The second-order valence-electron chi connectivity index (χ2n) is 5.35. The number of likely N-dealkylation sites (N-methyl/N-ethyl adjacent to an activating group) is 1. The van der Waals surface area contributed by atoms with Crippen molar-refractivity contribution in [3.63, 3.8) is 0 Å². The molecule has 5 nitrogen and oxygen atoms in total. The van der Waals surface area contributed by atoms with E-state index < -0.39 is 0 Å². The van der Waals surface area contributed by atoms with Gasteiger partial charge in [-0.15, -0.1) is 0 Å². The molecule has 1 amide bonds. The van der Waals surface area contributed by atoms with Crippen LogP contribution in [0.2, 0.25) is 0 Å². The molecular weight excluding hydrogens is 242 g/mol. The van der Waals surface area contributed by atoms with Crippen LogP contribution in [0, 0.1) is 13.8 Å². The molecule has 1 fully saturated rings. The van der Waals surface area contributed by atoms with Crippen LogP contribution in [0.25, 0.3) is 0 Å². The zero-order valence-electron chi connectivity index (χ0n) is 12.0. The summed E-state index contributed by atoms with van der Waals surface area (Å²) in [6.07, 6.45) is 4.44. The monoisotopic (exact) mass is 265 g/mol. The van der Waals surface area contributed by atoms with Gasteiger partial charge >= 0.3 is 0 Å². The number of amides is 1. The molecule has 0 aromatic carbocycles. The molecule has 0 spiro atoms. The third-order valence-electron chi connectivity index (χ3n) is 3.81. The average molecular weight is 265 g/mol. The second kappa shape index (κ2) is 6.19. The molecule has 1 atom stereocenters. The molecule has 1 aliphatic heterocycles. The Labute approximate surface area is 114 Å². The Kier molecular flexibility index (Phi) is 4.58. The van der Waals surface area contributed by atoms with Gasteiger partial charge in [0.25, 0.3) is 0 Å². The van der Waals surface area contributed by atoms with E-state index in [0.717, 1.165) is 42.8 Å². The number of nitrogens with one attached hydrogen (secondary N) is 1. The van der Waals surface area contributed by atoms with Gasteiger partial charge in [0.1, 0.15) is 5.76 Å². The topological polar surface area (TPSA) is 58.4 Å². The van der Waals surface area contributed by atoms with Crippen molar-refractivity contribution in [2.45, 2.75) is 52.1 Å². The first-order chi connectivity index (χ1) is 9.09. The molecule has 1 N–H and O–H groups in total. The molecule has 1 unspecified atom stereocenters. The van der Waals surface area contributed by atoms with Gasteiger partial charge in [-0.05, 0) is 33.2 Å². The number of hydrogen-bond donors (Lipinski definition) is 1. The van der Waals surface area contributed by atoms with E-state index >= 15 is 0 Å². The first-order valence-electron chi connectivity index (χ1n) is 6.99. The van der Waals surface area contributed by atoms with Crippen LogP contribution in [-0.2, 0) is 11.3 Å². The maximum absolute atomic E-state index is 12.4. The largest absolute Gasteiger partial charge is 0.361 e. The molecule has 1 aromatic rings. The van der Waals surface area contributed by atoms with Crippen LogP contribution in [0.3, 0.4) is 0 Å². The van der Waals surface area contributed by atoms with E-state index in [-0.39, 0.29) is 11.9 Å². The van der Waals surface area contributed by atoms with Crippen molar-refractivity contribution in [2.75, 3.05) is 13.6 Å². The van der Waals surface area contributed by atoms with Gasteiger partial charge in [0.2, 0.25) is 5.91 Å². The zero-order valence-corrected chi connectivity index (χ0v) is 12.0. The molecular formula is C14H23N3O2. The summed E-state index contributed by atoms with van der Waals surface area (Å²) < 4.78 is 5.14. The Balaban J connectivity index is 1.98. The van der Waals surface area contributed by atoms with Gasteiger partial charge in [-0.2, -0.15) is 0 Å². The van der Waals surface area contributed by atoms with E-state index in [1.807, 2.05) is 20.9 Å². The second-order valence-corrected chi connectivity index (χ2v) is 5.35. The summed E-state index contributed by atoms with van der Waals surface area (Å²) in [5, 5.41) is 7.27. The van der Waals surface area contributed by atoms with Crippen LogP contribution in [-0.4, -0.2) is 35.6 Å². The first kappa shape index (κ1) is 14.1. The van der Waals surface area contributed by atoms with Crippen LogP contribution in [0.4, 0.5) is 0 Å². The lowest BCUT2D eigenvalue weighted by Gasteiger charge is -2.23. The van der Waals surface area contributed by atoms with E-state index in [4.69, 9.17) is 4.52 Å². The summed E-state index contributed by atoms with van der Waals surface area (Å²) in [4.78, 5) is 14.2. The summed E-state index contributed by atoms with van der Waals surface area (Å²) in [6, 6.07) is -0.0343. The molecule has 2 rings (SSSR count). The van der Waals surface area contributed by atoms with Gasteiger partial charge in [-0.1, -0.05) is 18.0 Å². The van der Waals surface area contributed by atoms with Crippen molar-refractivity contribution in [2.24, 2.45) is 0 Å². The molecule has 1 saturated heterocycles. The molecule has 0 radical (unpaired) electrons. The maximum atomic E-state index is 12.4. The summed E-state index contributed by atoms with van der Waals surface area (Å²) in [5.41, 5.74) is 1.88. The molecule has 1 aromatic heterocycles. The van der Waals surface area contributed by atoms with Crippen molar-refractivity contribution >= 4 is 5.91 Å². The predicted molar refractivity (Wildman–Crippen MR) is 72.7 cm³/mol. The molecule has 1 aliphatic rings. The van der Waals surface area contributed by atoms with Crippen LogP contribution < -0.4 is 5.32 Å². The highest BCUT2D eigenvalue weighted by Crippen LogP contribution is 2.16. The van der Waals surface area contributed by atoms with Crippen molar-refractivity contribution in [3.8, 4) is 0 Å². The minimum atomic E-state index is -0.0343. The van der Waals surface area contributed by atoms with Crippen LogP contribution in [0.5, 0.6) is 0 Å². The average Bonchev–Trinajstić information content (AvgIpc) is 2.65. The van der Waals surface area contributed by atoms with E-state index in [1.54, 1.807) is 4.90 Å².